The lowest BCUT2D eigenvalue weighted by Gasteiger charge is -2.45. The molecule has 1 N–H and O–H groups in total. The quantitative estimate of drug-likeness (QED) is 0.558. The maximum Gasteiger partial charge on any atom is 0.416 e. The number of nitrogens with one attached hydrogen (secondary N) is 1. The molecule has 1 saturated carbocycles. The monoisotopic (exact) mass is 446 g/mol. The molecule has 0 bridgehead atoms. The van der Waals surface area contributed by atoms with E-state index < -0.39 is 11.7 Å². The first-order chi connectivity index (χ1) is 15.3. The number of alkyl halides is 3. The third kappa shape index (κ3) is 3.89. The Balaban J connectivity index is 1.35. The van der Waals surface area contributed by atoms with E-state index in [4.69, 9.17) is 0 Å². The molecule has 0 radical (unpaired) electrons. The van der Waals surface area contributed by atoms with Crippen molar-refractivity contribution in [1.29, 1.82) is 0 Å². The number of halogens is 3. The molecule has 174 valence electrons. The Bertz CT molecular complexity index is 989. The van der Waals surface area contributed by atoms with Crippen molar-refractivity contribution < 1.29 is 18.0 Å². The second-order valence-electron chi connectivity index (χ2n) is 10.6. The largest absolute Gasteiger partial charge is 0.416 e. The van der Waals surface area contributed by atoms with Crippen LogP contribution >= 0.6 is 0 Å². The predicted octanol–water partition coefficient (Wildman–Crippen LogP) is 6.32. The highest BCUT2D eigenvalue weighted by Gasteiger charge is 2.41. The number of aromatic nitrogens is 1. The number of likely N-dealkylation sites (tertiary alicyclic amines) is 1. The highest BCUT2D eigenvalue weighted by atomic mass is 19.4. The van der Waals surface area contributed by atoms with Crippen molar-refractivity contribution in [3.8, 4) is 0 Å². The van der Waals surface area contributed by atoms with Gasteiger partial charge in [-0.3, -0.25) is 0 Å². The lowest BCUT2D eigenvalue weighted by atomic mass is 9.68. The standard InChI is InChI=1S/C26H33F3N2O/c1-17-21-15-31(12-10-25(16-32)8-3-2-4-9-25)11-7-18(21)13-23-24(17)20-14-19(26(27,28)29)5-6-22(20)30-23/h5-6,14,16-18,21,30H,2-4,7-13,15H2,1H3/t17-,18-,21-/m1/s1. The van der Waals surface area contributed by atoms with Crippen LogP contribution in [0.3, 0.4) is 0 Å². The fraction of sp³-hybridized carbons (Fsp3) is 0.654. The molecule has 6 heteroatoms. The second kappa shape index (κ2) is 8.19. The number of carbonyl (C=O) groups is 1. The summed E-state index contributed by atoms with van der Waals surface area (Å²) in [4.78, 5) is 17.8. The molecule has 3 atom stereocenters. The van der Waals surface area contributed by atoms with Gasteiger partial charge in [-0.2, -0.15) is 13.2 Å². The number of hydrogen-bond donors (Lipinski definition) is 1. The van der Waals surface area contributed by atoms with Crippen LogP contribution in [0.25, 0.3) is 10.9 Å². The first-order valence-electron chi connectivity index (χ1n) is 12.2. The van der Waals surface area contributed by atoms with Crippen molar-refractivity contribution in [3.63, 3.8) is 0 Å². The van der Waals surface area contributed by atoms with Crippen molar-refractivity contribution in [2.45, 2.75) is 70.4 Å². The average molecular weight is 447 g/mol. The number of fused-ring (bicyclic) bond motifs is 4. The van der Waals surface area contributed by atoms with E-state index in [-0.39, 0.29) is 11.3 Å². The molecule has 3 nitrogen and oxygen atoms in total. The zero-order chi connectivity index (χ0) is 22.5. The van der Waals surface area contributed by atoms with Gasteiger partial charge in [0.2, 0.25) is 0 Å². The fourth-order valence-corrected chi connectivity index (χ4v) is 6.79. The topological polar surface area (TPSA) is 36.1 Å². The highest BCUT2D eigenvalue weighted by molar-refractivity contribution is 5.86. The van der Waals surface area contributed by atoms with Gasteiger partial charge in [0, 0.05) is 28.6 Å². The average Bonchev–Trinajstić information content (AvgIpc) is 3.16. The summed E-state index contributed by atoms with van der Waals surface area (Å²) in [5.41, 5.74) is 2.33. The van der Waals surface area contributed by atoms with Gasteiger partial charge in [0.1, 0.15) is 6.29 Å². The van der Waals surface area contributed by atoms with Gasteiger partial charge in [0.25, 0.3) is 0 Å². The van der Waals surface area contributed by atoms with Crippen LogP contribution in [0.1, 0.15) is 74.6 Å². The van der Waals surface area contributed by atoms with Gasteiger partial charge in [-0.05, 0) is 86.7 Å². The summed E-state index contributed by atoms with van der Waals surface area (Å²) in [6, 6.07) is 4.10. The van der Waals surface area contributed by atoms with Gasteiger partial charge in [-0.1, -0.05) is 26.2 Å². The Morgan fingerprint density at radius 1 is 1.22 bits per heavy atom. The molecule has 0 spiro atoms. The second-order valence-corrected chi connectivity index (χ2v) is 10.6. The molecule has 0 unspecified atom stereocenters. The third-order valence-electron chi connectivity index (χ3n) is 8.73. The lowest BCUT2D eigenvalue weighted by Crippen LogP contribution is -2.46. The first kappa shape index (κ1) is 22.0. The predicted molar refractivity (Wildman–Crippen MR) is 120 cm³/mol. The van der Waals surface area contributed by atoms with Crippen LogP contribution in [0.5, 0.6) is 0 Å². The van der Waals surface area contributed by atoms with Gasteiger partial charge in [0.05, 0.1) is 5.56 Å². The van der Waals surface area contributed by atoms with E-state index in [1.54, 1.807) is 6.07 Å². The number of aromatic amines is 1. The van der Waals surface area contributed by atoms with Crippen LogP contribution in [0, 0.1) is 17.3 Å². The number of carbonyl (C=O) groups excluding carboxylic acids is 1. The van der Waals surface area contributed by atoms with E-state index in [1.807, 2.05) is 0 Å². The number of piperidine rings is 1. The van der Waals surface area contributed by atoms with Crippen molar-refractivity contribution in [1.82, 2.24) is 9.88 Å². The Morgan fingerprint density at radius 2 is 2.00 bits per heavy atom. The summed E-state index contributed by atoms with van der Waals surface area (Å²) >= 11 is 0. The van der Waals surface area contributed by atoms with Crippen molar-refractivity contribution in [2.75, 3.05) is 19.6 Å². The third-order valence-corrected chi connectivity index (χ3v) is 8.73. The molecule has 2 aromatic rings. The molecule has 1 saturated heterocycles. The van der Waals surface area contributed by atoms with E-state index in [0.717, 1.165) is 86.7 Å². The van der Waals surface area contributed by atoms with Crippen LogP contribution in [-0.4, -0.2) is 35.8 Å². The van der Waals surface area contributed by atoms with Crippen LogP contribution < -0.4 is 0 Å². The summed E-state index contributed by atoms with van der Waals surface area (Å²) in [5.74, 6) is 1.24. The van der Waals surface area contributed by atoms with E-state index in [0.29, 0.717) is 11.8 Å². The lowest BCUT2D eigenvalue weighted by molar-refractivity contribution is -0.137. The number of nitrogens with zero attached hydrogens (tertiary/aromatic N) is 1. The van der Waals surface area contributed by atoms with Crippen LogP contribution in [0.4, 0.5) is 13.2 Å². The van der Waals surface area contributed by atoms with Gasteiger partial charge in [-0.15, -0.1) is 0 Å². The van der Waals surface area contributed by atoms with Gasteiger partial charge in [0.15, 0.2) is 0 Å². The molecule has 3 aliphatic rings. The minimum atomic E-state index is -4.33. The Morgan fingerprint density at radius 3 is 2.72 bits per heavy atom. The van der Waals surface area contributed by atoms with E-state index in [9.17, 15) is 18.0 Å². The zero-order valence-electron chi connectivity index (χ0n) is 18.8. The molecule has 5 rings (SSSR count). The summed E-state index contributed by atoms with van der Waals surface area (Å²) in [5, 5.41) is 0.736. The Kier molecular flexibility index (Phi) is 5.63. The highest BCUT2D eigenvalue weighted by Crippen LogP contribution is 2.47. The maximum absolute atomic E-state index is 13.3. The van der Waals surface area contributed by atoms with Crippen molar-refractivity contribution >= 4 is 17.2 Å². The molecule has 2 aliphatic carbocycles. The summed E-state index contributed by atoms with van der Waals surface area (Å²) < 4.78 is 40.0. The number of rotatable bonds is 4. The molecule has 2 heterocycles. The van der Waals surface area contributed by atoms with Gasteiger partial charge in [-0.25, -0.2) is 0 Å². The molecule has 1 aliphatic heterocycles. The Labute approximate surface area is 187 Å². The smallest absolute Gasteiger partial charge is 0.358 e. The fourth-order valence-electron chi connectivity index (χ4n) is 6.79. The summed E-state index contributed by atoms with van der Waals surface area (Å²) in [6.45, 7) is 5.18. The normalized spacial score (nSPS) is 28.3. The number of hydrogen-bond acceptors (Lipinski definition) is 2. The van der Waals surface area contributed by atoms with E-state index in [1.165, 1.54) is 24.8 Å². The van der Waals surface area contributed by atoms with Crippen LogP contribution in [0.2, 0.25) is 0 Å². The molecular formula is C26H33F3N2O. The number of benzene rings is 1. The van der Waals surface area contributed by atoms with Gasteiger partial charge >= 0.3 is 6.18 Å². The molecule has 2 fully saturated rings. The molecule has 1 aromatic carbocycles. The van der Waals surface area contributed by atoms with E-state index in [2.05, 4.69) is 16.8 Å². The summed E-state index contributed by atoms with van der Waals surface area (Å²) in [7, 11) is 0. The molecule has 0 amide bonds. The SMILES string of the molecule is C[C@H]1c2c([nH]c3ccc(C(F)(F)F)cc23)C[C@H]2CCN(CCC3(C=O)CCCCC3)C[C@@H]21. The van der Waals surface area contributed by atoms with E-state index >= 15 is 0 Å². The minimum absolute atomic E-state index is 0.134. The maximum atomic E-state index is 13.3. The molecular weight excluding hydrogens is 413 g/mol. The Hall–Kier alpha value is -1.82. The van der Waals surface area contributed by atoms with Crippen LogP contribution in [0.15, 0.2) is 18.2 Å². The van der Waals surface area contributed by atoms with Gasteiger partial charge < -0.3 is 14.7 Å². The minimum Gasteiger partial charge on any atom is -0.358 e. The first-order valence-corrected chi connectivity index (χ1v) is 12.2. The molecule has 1 aromatic heterocycles. The number of aldehydes is 1. The van der Waals surface area contributed by atoms with Crippen molar-refractivity contribution in [2.24, 2.45) is 17.3 Å². The molecule has 32 heavy (non-hydrogen) atoms. The van der Waals surface area contributed by atoms with Crippen molar-refractivity contribution in [3.05, 3.63) is 35.0 Å². The summed E-state index contributed by atoms with van der Waals surface area (Å²) in [6.07, 6.45) is 5.47. The number of H-pyrrole nitrogens is 1. The van der Waals surface area contributed by atoms with Crippen LogP contribution in [-0.2, 0) is 17.4 Å². The zero-order valence-corrected chi connectivity index (χ0v) is 18.8.